The molecular weight excluding hydrogens is 386 g/mol. The lowest BCUT2D eigenvalue weighted by atomic mass is 10.0. The largest absolute Gasteiger partial charge is 0.392 e. The van der Waals surface area contributed by atoms with Gasteiger partial charge in [0.2, 0.25) is 5.91 Å². The van der Waals surface area contributed by atoms with E-state index in [1.807, 2.05) is 6.07 Å². The zero-order valence-electron chi connectivity index (χ0n) is 15.9. The molecule has 2 aromatic carbocycles. The van der Waals surface area contributed by atoms with E-state index < -0.39 is 18.5 Å². The Morgan fingerprint density at radius 1 is 1.21 bits per heavy atom. The second-order valence-electron chi connectivity index (χ2n) is 6.27. The maximum absolute atomic E-state index is 12.4. The fourth-order valence-electron chi connectivity index (χ4n) is 2.21. The Hall–Kier alpha value is -3.34. The Labute approximate surface area is 166 Å². The van der Waals surface area contributed by atoms with Gasteiger partial charge in [-0.1, -0.05) is 30.3 Å². The van der Waals surface area contributed by atoms with Crippen molar-refractivity contribution in [3.05, 3.63) is 77.1 Å². The van der Waals surface area contributed by atoms with Gasteiger partial charge in [0, 0.05) is 22.9 Å². The van der Waals surface area contributed by atoms with Gasteiger partial charge in [0.1, 0.15) is 5.82 Å². The number of amides is 1. The fraction of sp³-hybridized carbons (Fsp3) is 0.238. The van der Waals surface area contributed by atoms with Crippen LogP contribution in [-0.4, -0.2) is 18.1 Å². The first-order chi connectivity index (χ1) is 13.5. The van der Waals surface area contributed by atoms with E-state index in [1.165, 1.54) is 30.3 Å². The van der Waals surface area contributed by atoms with E-state index in [0.29, 0.717) is 5.56 Å². The highest BCUT2D eigenvalue weighted by molar-refractivity contribution is 5.93. The number of primary amides is 1. The lowest BCUT2D eigenvalue weighted by molar-refractivity contribution is -0.124. The first-order valence-corrected chi connectivity index (χ1v) is 8.61. The summed E-state index contributed by atoms with van der Waals surface area (Å²) in [5.41, 5.74) is 5.83. The lowest BCUT2D eigenvalue weighted by Crippen LogP contribution is -2.22. The molecular formula is C21H21F4N3O. The van der Waals surface area contributed by atoms with Crippen molar-refractivity contribution in [3.63, 3.8) is 0 Å². The molecule has 0 aliphatic heterocycles. The van der Waals surface area contributed by atoms with Gasteiger partial charge in [-0.2, -0.15) is 18.4 Å². The minimum absolute atomic E-state index is 0.0814. The van der Waals surface area contributed by atoms with Crippen molar-refractivity contribution in [2.75, 3.05) is 0 Å². The number of alkyl halides is 3. The van der Waals surface area contributed by atoms with Gasteiger partial charge in [-0.15, -0.1) is 0 Å². The minimum Gasteiger partial charge on any atom is -0.383 e. The highest BCUT2D eigenvalue weighted by atomic mass is 19.4. The van der Waals surface area contributed by atoms with E-state index in [2.05, 4.69) is 5.32 Å². The van der Waals surface area contributed by atoms with Crippen LogP contribution < -0.4 is 11.1 Å². The molecule has 0 bridgehead atoms. The summed E-state index contributed by atoms with van der Waals surface area (Å²) in [6.07, 6.45) is -4.48. The molecule has 0 heterocycles. The highest BCUT2D eigenvalue weighted by Crippen LogP contribution is 2.25. The third-order valence-corrected chi connectivity index (χ3v) is 3.43. The average Bonchev–Trinajstić information content (AvgIpc) is 2.64. The number of halogens is 4. The highest BCUT2D eigenvalue weighted by Gasteiger charge is 2.26. The van der Waals surface area contributed by atoms with E-state index in [0.717, 1.165) is 6.08 Å². The molecule has 1 amide bonds. The van der Waals surface area contributed by atoms with Crippen molar-refractivity contribution in [2.45, 2.75) is 32.5 Å². The van der Waals surface area contributed by atoms with Crippen molar-refractivity contribution in [3.8, 4) is 6.07 Å². The SMILES string of the molecule is CC(C)N/C(=C\CC(F)(F)F)c1ccc(C(N)=O)cc1C#N.Fc1ccccc1. The molecule has 0 aliphatic carbocycles. The molecule has 0 saturated heterocycles. The third-order valence-electron chi connectivity index (χ3n) is 3.43. The Morgan fingerprint density at radius 3 is 2.24 bits per heavy atom. The normalized spacial score (nSPS) is 11.3. The zero-order chi connectivity index (χ0) is 22.0. The van der Waals surface area contributed by atoms with E-state index in [9.17, 15) is 22.4 Å². The zero-order valence-corrected chi connectivity index (χ0v) is 15.9. The predicted octanol–water partition coefficient (Wildman–Crippen LogP) is 4.77. The predicted molar refractivity (Wildman–Crippen MR) is 103 cm³/mol. The monoisotopic (exact) mass is 407 g/mol. The molecule has 154 valence electrons. The number of nitrogens with zero attached hydrogens (tertiary/aromatic N) is 1. The molecule has 0 atom stereocenters. The molecule has 0 fully saturated rings. The first kappa shape index (κ1) is 23.7. The fourth-order valence-corrected chi connectivity index (χ4v) is 2.21. The van der Waals surface area contributed by atoms with Crippen LogP contribution in [0.1, 0.15) is 41.8 Å². The standard InChI is InChI=1S/C15H16F3N3O.C6H5F/c1-9(2)21-13(5-6-15(16,17)18)12-4-3-10(14(20)22)7-11(12)8-19;7-6-4-2-1-3-5-6/h3-5,7,9,21H,6H2,1-2H3,(H2,20,22);1-5H/b13-5-;. The summed E-state index contributed by atoms with van der Waals surface area (Å²) in [5.74, 6) is -0.886. The number of rotatable bonds is 5. The van der Waals surface area contributed by atoms with Crippen LogP contribution in [-0.2, 0) is 0 Å². The molecule has 2 aromatic rings. The van der Waals surface area contributed by atoms with Crippen LogP contribution in [0.4, 0.5) is 17.6 Å². The number of allylic oxidation sites excluding steroid dienone is 1. The van der Waals surface area contributed by atoms with E-state index in [1.54, 1.807) is 32.0 Å². The van der Waals surface area contributed by atoms with Gasteiger partial charge in [-0.25, -0.2) is 4.39 Å². The minimum atomic E-state index is -4.34. The molecule has 0 aromatic heterocycles. The van der Waals surface area contributed by atoms with Crippen LogP contribution >= 0.6 is 0 Å². The molecule has 4 nitrogen and oxygen atoms in total. The number of hydrogen-bond donors (Lipinski definition) is 2. The molecule has 0 unspecified atom stereocenters. The number of hydrogen-bond acceptors (Lipinski definition) is 3. The molecule has 8 heteroatoms. The van der Waals surface area contributed by atoms with Crippen LogP contribution in [0.25, 0.3) is 5.70 Å². The van der Waals surface area contributed by atoms with Crippen LogP contribution in [0.3, 0.4) is 0 Å². The smallest absolute Gasteiger partial charge is 0.383 e. The molecule has 0 spiro atoms. The van der Waals surface area contributed by atoms with Crippen molar-refractivity contribution in [1.29, 1.82) is 5.26 Å². The number of carbonyl (C=O) groups excluding carboxylic acids is 1. The van der Waals surface area contributed by atoms with Crippen LogP contribution in [0, 0.1) is 17.1 Å². The van der Waals surface area contributed by atoms with Gasteiger partial charge in [0.15, 0.2) is 0 Å². The Bertz CT molecular complexity index is 885. The van der Waals surface area contributed by atoms with Crippen molar-refractivity contribution in [2.24, 2.45) is 5.73 Å². The molecule has 0 saturated carbocycles. The number of nitrogens with one attached hydrogen (secondary N) is 1. The molecule has 29 heavy (non-hydrogen) atoms. The molecule has 0 radical (unpaired) electrons. The van der Waals surface area contributed by atoms with Crippen LogP contribution in [0.15, 0.2) is 54.6 Å². The van der Waals surface area contributed by atoms with Crippen molar-refractivity contribution >= 4 is 11.6 Å². The maximum Gasteiger partial charge on any atom is 0.392 e. The summed E-state index contributed by atoms with van der Waals surface area (Å²) < 4.78 is 49.2. The lowest BCUT2D eigenvalue weighted by Gasteiger charge is -2.17. The second kappa shape index (κ2) is 10.9. The summed E-state index contributed by atoms with van der Waals surface area (Å²) in [4.78, 5) is 11.1. The van der Waals surface area contributed by atoms with Gasteiger partial charge in [-0.05, 0) is 38.1 Å². The number of nitriles is 1. The summed E-state index contributed by atoms with van der Waals surface area (Å²) in [6.45, 7) is 3.54. The number of carbonyl (C=O) groups is 1. The van der Waals surface area contributed by atoms with E-state index in [4.69, 9.17) is 11.0 Å². The Morgan fingerprint density at radius 2 is 1.83 bits per heavy atom. The van der Waals surface area contributed by atoms with Gasteiger partial charge in [0.05, 0.1) is 18.1 Å². The molecule has 2 rings (SSSR count). The molecule has 3 N–H and O–H groups in total. The van der Waals surface area contributed by atoms with Gasteiger partial charge < -0.3 is 11.1 Å². The van der Waals surface area contributed by atoms with Gasteiger partial charge in [-0.3, -0.25) is 4.79 Å². The van der Waals surface area contributed by atoms with Crippen molar-refractivity contribution in [1.82, 2.24) is 5.32 Å². The van der Waals surface area contributed by atoms with Gasteiger partial charge in [0.25, 0.3) is 0 Å². The van der Waals surface area contributed by atoms with Crippen LogP contribution in [0.5, 0.6) is 0 Å². The van der Waals surface area contributed by atoms with E-state index in [-0.39, 0.29) is 28.7 Å². The Balaban J connectivity index is 0.000000502. The van der Waals surface area contributed by atoms with Crippen molar-refractivity contribution < 1.29 is 22.4 Å². The second-order valence-corrected chi connectivity index (χ2v) is 6.27. The molecule has 0 aliphatic rings. The first-order valence-electron chi connectivity index (χ1n) is 8.61. The number of benzene rings is 2. The number of nitrogens with two attached hydrogens (primary N) is 1. The van der Waals surface area contributed by atoms with Gasteiger partial charge >= 0.3 is 6.18 Å². The summed E-state index contributed by atoms with van der Waals surface area (Å²) in [6, 6.07) is 13.7. The average molecular weight is 407 g/mol. The quantitative estimate of drug-likeness (QED) is 0.701. The summed E-state index contributed by atoms with van der Waals surface area (Å²) in [7, 11) is 0. The third kappa shape index (κ3) is 8.93. The summed E-state index contributed by atoms with van der Waals surface area (Å²) >= 11 is 0. The topological polar surface area (TPSA) is 78.9 Å². The Kier molecular flexibility index (Phi) is 8.87. The van der Waals surface area contributed by atoms with E-state index >= 15 is 0 Å². The van der Waals surface area contributed by atoms with Crippen LogP contribution in [0.2, 0.25) is 0 Å². The maximum atomic E-state index is 12.4. The summed E-state index contributed by atoms with van der Waals surface area (Å²) in [5, 5.41) is 12.0.